The average Bonchev–Trinajstić information content (AvgIpc) is 3.21. The summed E-state index contributed by atoms with van der Waals surface area (Å²) in [5.74, 6) is -0.530. The fraction of sp³-hybridized carbons (Fsp3) is 0.207. The Morgan fingerprint density at radius 2 is 1.74 bits per heavy atom. The van der Waals surface area contributed by atoms with E-state index in [1.54, 1.807) is 37.1 Å². The van der Waals surface area contributed by atoms with E-state index >= 15 is 0 Å². The molecule has 1 aromatic heterocycles. The van der Waals surface area contributed by atoms with E-state index in [4.69, 9.17) is 9.73 Å². The Bertz CT molecular complexity index is 1510. The third-order valence-electron chi connectivity index (χ3n) is 5.93. The zero-order valence-corrected chi connectivity index (χ0v) is 23.2. The van der Waals surface area contributed by atoms with Crippen LogP contribution in [0.1, 0.15) is 28.4 Å². The first-order valence-corrected chi connectivity index (χ1v) is 12.9. The first-order chi connectivity index (χ1) is 18.2. The number of halogens is 1. The molecule has 0 atom stereocenters. The van der Waals surface area contributed by atoms with Crippen LogP contribution in [-0.2, 0) is 9.53 Å². The molecule has 0 aliphatic rings. The van der Waals surface area contributed by atoms with Crippen molar-refractivity contribution in [2.24, 2.45) is 4.99 Å². The fourth-order valence-corrected chi connectivity index (χ4v) is 4.74. The van der Waals surface area contributed by atoms with E-state index in [2.05, 4.69) is 20.9 Å². The molecule has 0 spiro atoms. The minimum atomic E-state index is -0.430. The molecular weight excluding hydrogens is 548 g/mol. The lowest BCUT2D eigenvalue weighted by Crippen LogP contribution is -2.35. The quantitative estimate of drug-likeness (QED) is 0.213. The van der Waals surface area contributed by atoms with Crippen LogP contribution in [-0.4, -0.2) is 66.9 Å². The number of likely N-dealkylation sites (N-methyl/N-ethyl adjacent to an activating group) is 2. The molecule has 3 aromatic carbocycles. The molecule has 1 heterocycles. The normalized spacial score (nSPS) is 11.7. The topological polar surface area (TPSA) is 98.2 Å². The Morgan fingerprint density at radius 1 is 1.00 bits per heavy atom. The molecule has 4 aromatic rings. The highest BCUT2D eigenvalue weighted by atomic mass is 79.9. The summed E-state index contributed by atoms with van der Waals surface area (Å²) in [7, 11) is 5.43. The van der Waals surface area contributed by atoms with Gasteiger partial charge in [-0.15, -0.1) is 0 Å². The van der Waals surface area contributed by atoms with Crippen LogP contribution in [0.3, 0.4) is 0 Å². The number of amides is 1. The van der Waals surface area contributed by atoms with E-state index in [9.17, 15) is 14.7 Å². The molecule has 4 rings (SSSR count). The van der Waals surface area contributed by atoms with E-state index in [1.165, 1.54) is 0 Å². The molecule has 38 heavy (non-hydrogen) atoms. The predicted molar refractivity (Wildman–Crippen MR) is 154 cm³/mol. The summed E-state index contributed by atoms with van der Waals surface area (Å²) in [4.78, 5) is 36.1. The Hall–Kier alpha value is -3.95. The number of fused-ring (bicyclic) bond motifs is 1. The lowest BCUT2D eigenvalue weighted by Gasteiger charge is -2.21. The number of aliphatic imine (C=N–C) groups is 1. The number of hydrogen-bond acceptors (Lipinski definition) is 6. The number of anilines is 1. The van der Waals surface area contributed by atoms with Crippen molar-refractivity contribution >= 4 is 55.8 Å². The zero-order valence-electron chi connectivity index (χ0n) is 21.7. The number of nitrogens with one attached hydrogen (secondary N) is 1. The Labute approximate surface area is 229 Å². The number of aromatic hydroxyl groups is 1. The minimum absolute atomic E-state index is 0.0390. The molecule has 0 aliphatic heterocycles. The first-order valence-electron chi connectivity index (χ1n) is 12.1. The highest BCUT2D eigenvalue weighted by molar-refractivity contribution is 9.10. The van der Waals surface area contributed by atoms with Gasteiger partial charge in [0.15, 0.2) is 5.88 Å². The number of H-pyrrole nitrogens is 1. The molecule has 0 radical (unpaired) electrons. The van der Waals surface area contributed by atoms with Gasteiger partial charge in [0, 0.05) is 28.0 Å². The molecule has 0 bridgehead atoms. The number of nitrogens with zero attached hydrogens (tertiary/aromatic N) is 3. The van der Waals surface area contributed by atoms with Crippen molar-refractivity contribution in [3.05, 3.63) is 87.9 Å². The number of ether oxygens (including phenoxy) is 1. The van der Waals surface area contributed by atoms with E-state index in [0.29, 0.717) is 44.4 Å². The highest BCUT2D eigenvalue weighted by Gasteiger charge is 2.21. The smallest absolute Gasteiger partial charge is 0.338 e. The van der Waals surface area contributed by atoms with Gasteiger partial charge in [-0.1, -0.05) is 36.4 Å². The van der Waals surface area contributed by atoms with Crippen LogP contribution in [0, 0.1) is 0 Å². The summed E-state index contributed by atoms with van der Waals surface area (Å²) in [5, 5.41) is 11.7. The van der Waals surface area contributed by atoms with Crippen molar-refractivity contribution in [1.82, 2.24) is 9.88 Å². The van der Waals surface area contributed by atoms with Gasteiger partial charge in [-0.25, -0.2) is 9.79 Å². The fourth-order valence-electron chi connectivity index (χ4n) is 4.10. The lowest BCUT2D eigenvalue weighted by atomic mass is 10.00. The molecule has 0 saturated carbocycles. The molecule has 9 heteroatoms. The van der Waals surface area contributed by atoms with Crippen molar-refractivity contribution in [2.75, 3.05) is 39.2 Å². The lowest BCUT2D eigenvalue weighted by molar-refractivity contribution is -0.118. The number of benzene rings is 3. The SMILES string of the molecule is CCOC(=O)c1ccc2c(C(=Nc3ccc(N(C)C(=O)CN(C)C)c(Br)c3)c3ccccc3)c(O)[nH]c2c1. The van der Waals surface area contributed by atoms with Gasteiger partial charge in [0.2, 0.25) is 5.91 Å². The Balaban J connectivity index is 1.80. The summed E-state index contributed by atoms with van der Waals surface area (Å²) in [5.41, 5.74) is 4.19. The largest absolute Gasteiger partial charge is 0.494 e. The molecule has 8 nitrogen and oxygen atoms in total. The number of esters is 1. The van der Waals surface area contributed by atoms with Crippen LogP contribution in [0.15, 0.2) is 76.2 Å². The second-order valence-electron chi connectivity index (χ2n) is 8.98. The van der Waals surface area contributed by atoms with Gasteiger partial charge in [-0.2, -0.15) is 0 Å². The molecule has 1 amide bonds. The summed E-state index contributed by atoms with van der Waals surface area (Å²) < 4.78 is 5.82. The van der Waals surface area contributed by atoms with Gasteiger partial charge in [0.1, 0.15) is 0 Å². The number of aromatic nitrogens is 1. The van der Waals surface area contributed by atoms with Crippen LogP contribution in [0.4, 0.5) is 11.4 Å². The average molecular weight is 577 g/mol. The maximum atomic E-state index is 12.5. The van der Waals surface area contributed by atoms with Gasteiger partial charge < -0.3 is 24.6 Å². The third kappa shape index (κ3) is 5.79. The van der Waals surface area contributed by atoms with Crippen molar-refractivity contribution in [1.29, 1.82) is 0 Å². The summed E-state index contributed by atoms with van der Waals surface area (Å²) in [6.07, 6.45) is 0. The van der Waals surface area contributed by atoms with Gasteiger partial charge in [-0.3, -0.25) is 4.79 Å². The van der Waals surface area contributed by atoms with E-state index in [1.807, 2.05) is 67.5 Å². The molecule has 0 saturated heterocycles. The number of aromatic amines is 1. The molecule has 0 unspecified atom stereocenters. The molecular formula is C29H29BrN4O4. The second-order valence-corrected chi connectivity index (χ2v) is 9.84. The maximum Gasteiger partial charge on any atom is 0.338 e. The maximum absolute atomic E-state index is 12.5. The first kappa shape index (κ1) is 27.1. The Kier molecular flexibility index (Phi) is 8.29. The van der Waals surface area contributed by atoms with Gasteiger partial charge in [-0.05, 0) is 67.3 Å². The monoisotopic (exact) mass is 576 g/mol. The highest BCUT2D eigenvalue weighted by Crippen LogP contribution is 2.34. The van der Waals surface area contributed by atoms with Crippen LogP contribution in [0.25, 0.3) is 10.9 Å². The van der Waals surface area contributed by atoms with Crippen molar-refractivity contribution in [2.45, 2.75) is 6.92 Å². The van der Waals surface area contributed by atoms with Crippen LogP contribution >= 0.6 is 15.9 Å². The number of carbonyl (C=O) groups excluding carboxylic acids is 2. The van der Waals surface area contributed by atoms with Gasteiger partial charge in [0.25, 0.3) is 0 Å². The second kappa shape index (κ2) is 11.6. The van der Waals surface area contributed by atoms with Crippen molar-refractivity contribution < 1.29 is 19.4 Å². The van der Waals surface area contributed by atoms with E-state index < -0.39 is 5.97 Å². The summed E-state index contributed by atoms with van der Waals surface area (Å²) in [6.45, 7) is 2.32. The van der Waals surface area contributed by atoms with Gasteiger partial charge >= 0.3 is 5.97 Å². The van der Waals surface area contributed by atoms with Crippen molar-refractivity contribution in [3.63, 3.8) is 0 Å². The zero-order chi connectivity index (χ0) is 27.4. The van der Waals surface area contributed by atoms with Crippen LogP contribution in [0.5, 0.6) is 5.88 Å². The molecule has 2 N–H and O–H groups in total. The third-order valence-corrected chi connectivity index (χ3v) is 6.57. The van der Waals surface area contributed by atoms with Gasteiger partial charge in [0.05, 0.1) is 41.4 Å². The minimum Gasteiger partial charge on any atom is -0.494 e. The standard InChI is InChI=1S/C29H29BrN4O4/c1-5-38-29(37)19-11-13-21-23(15-19)32-28(36)26(21)27(18-9-7-6-8-10-18)31-20-12-14-24(22(30)16-20)34(4)25(35)17-33(2)3/h6-16,32,36H,5,17H2,1-4H3. The van der Waals surface area contributed by atoms with E-state index in [0.717, 1.165) is 11.3 Å². The summed E-state index contributed by atoms with van der Waals surface area (Å²) in [6, 6.07) is 20.2. The Morgan fingerprint density at radius 3 is 2.39 bits per heavy atom. The molecule has 0 fully saturated rings. The number of carbonyl (C=O) groups is 2. The predicted octanol–water partition coefficient (Wildman–Crippen LogP) is 5.51. The molecule has 196 valence electrons. The van der Waals surface area contributed by atoms with E-state index in [-0.39, 0.29) is 18.4 Å². The summed E-state index contributed by atoms with van der Waals surface area (Å²) >= 11 is 3.59. The van der Waals surface area contributed by atoms with Crippen LogP contribution < -0.4 is 4.90 Å². The molecule has 0 aliphatic carbocycles. The van der Waals surface area contributed by atoms with Crippen LogP contribution in [0.2, 0.25) is 0 Å². The number of hydrogen-bond donors (Lipinski definition) is 2. The number of rotatable bonds is 8. The van der Waals surface area contributed by atoms with Crippen molar-refractivity contribution in [3.8, 4) is 5.88 Å².